The maximum Gasteiger partial charge on any atom is 0.0251 e. The molecule has 2 aromatic rings. The summed E-state index contributed by atoms with van der Waals surface area (Å²) in [6.07, 6.45) is 10.6. The predicted molar refractivity (Wildman–Crippen MR) is 105 cm³/mol. The molecular weight excluding hydrogens is 288 g/mol. The van der Waals surface area contributed by atoms with E-state index in [9.17, 15) is 0 Å². The first-order valence-corrected chi connectivity index (χ1v) is 9.12. The van der Waals surface area contributed by atoms with Gasteiger partial charge in [0, 0.05) is 11.1 Å². The zero-order valence-electron chi connectivity index (χ0n) is 14.9. The highest BCUT2D eigenvalue weighted by atomic mass is 14.0. The molecule has 2 rings (SSSR count). The van der Waals surface area contributed by atoms with Gasteiger partial charge in [0.1, 0.15) is 0 Å². The Morgan fingerprint density at radius 2 is 1.58 bits per heavy atom. The molecule has 0 aliphatic rings. The predicted octanol–water partition coefficient (Wildman–Crippen LogP) is 6.33. The summed E-state index contributed by atoms with van der Waals surface area (Å²) in [6.45, 7) is 6.03. The lowest BCUT2D eigenvalue weighted by Crippen LogP contribution is -1.87. The highest BCUT2D eigenvalue weighted by molar-refractivity contribution is 5.44. The fourth-order valence-corrected chi connectivity index (χ4v) is 2.77. The normalized spacial score (nSPS) is 10.0. The fraction of sp³-hybridized carbons (Fsp3) is 0.333. The van der Waals surface area contributed by atoms with Gasteiger partial charge in [-0.15, -0.1) is 6.58 Å². The van der Waals surface area contributed by atoms with Gasteiger partial charge in [0.25, 0.3) is 0 Å². The first-order valence-electron chi connectivity index (χ1n) is 9.12. The van der Waals surface area contributed by atoms with E-state index in [-0.39, 0.29) is 0 Å². The Hall–Kier alpha value is -2.26. The average Bonchev–Trinajstić information content (AvgIpc) is 2.62. The summed E-state index contributed by atoms with van der Waals surface area (Å²) < 4.78 is 0. The van der Waals surface area contributed by atoms with Gasteiger partial charge in [-0.3, -0.25) is 0 Å². The Kier molecular flexibility index (Phi) is 7.91. The van der Waals surface area contributed by atoms with E-state index in [4.69, 9.17) is 0 Å². The van der Waals surface area contributed by atoms with Gasteiger partial charge in [-0.25, -0.2) is 0 Å². The van der Waals surface area contributed by atoms with Crippen LogP contribution in [0.1, 0.15) is 61.3 Å². The van der Waals surface area contributed by atoms with Gasteiger partial charge in [0.15, 0.2) is 0 Å². The van der Waals surface area contributed by atoms with Crippen LogP contribution in [0.5, 0.6) is 0 Å². The second-order valence-electron chi connectivity index (χ2n) is 6.30. The van der Waals surface area contributed by atoms with Gasteiger partial charge in [-0.2, -0.15) is 0 Å². The van der Waals surface area contributed by atoms with Crippen molar-refractivity contribution in [1.29, 1.82) is 0 Å². The van der Waals surface area contributed by atoms with E-state index < -0.39 is 0 Å². The Bertz CT molecular complexity index is 680. The molecule has 24 heavy (non-hydrogen) atoms. The molecule has 0 aliphatic heterocycles. The minimum Gasteiger partial charge on any atom is -0.103 e. The van der Waals surface area contributed by atoms with E-state index in [0.29, 0.717) is 0 Å². The van der Waals surface area contributed by atoms with Crippen molar-refractivity contribution in [3.05, 3.63) is 83.4 Å². The average molecular weight is 316 g/mol. The summed E-state index contributed by atoms with van der Waals surface area (Å²) in [5, 5.41) is 0. The smallest absolute Gasteiger partial charge is 0.0251 e. The molecule has 0 bridgehead atoms. The van der Waals surface area contributed by atoms with Crippen molar-refractivity contribution >= 4 is 0 Å². The number of hydrogen-bond donors (Lipinski definition) is 0. The fourth-order valence-electron chi connectivity index (χ4n) is 2.77. The molecule has 0 nitrogen and oxygen atoms in total. The summed E-state index contributed by atoms with van der Waals surface area (Å²) in [5.74, 6) is 6.56. The topological polar surface area (TPSA) is 0 Å². The van der Waals surface area contributed by atoms with Crippen molar-refractivity contribution in [2.75, 3.05) is 0 Å². The van der Waals surface area contributed by atoms with Crippen LogP contribution in [0.2, 0.25) is 0 Å². The van der Waals surface area contributed by atoms with Crippen LogP contribution in [0.4, 0.5) is 0 Å². The van der Waals surface area contributed by atoms with Crippen molar-refractivity contribution in [2.24, 2.45) is 0 Å². The van der Waals surface area contributed by atoms with E-state index in [0.717, 1.165) is 24.0 Å². The van der Waals surface area contributed by atoms with Gasteiger partial charge < -0.3 is 0 Å². The molecule has 0 heterocycles. The summed E-state index contributed by atoms with van der Waals surface area (Å²) >= 11 is 0. The Morgan fingerprint density at radius 1 is 0.833 bits per heavy atom. The summed E-state index contributed by atoms with van der Waals surface area (Å²) in [5.41, 5.74) is 4.85. The van der Waals surface area contributed by atoms with E-state index in [2.05, 4.69) is 73.9 Å². The highest BCUT2D eigenvalue weighted by Gasteiger charge is 1.96. The van der Waals surface area contributed by atoms with E-state index in [1.165, 1.54) is 43.2 Å². The molecule has 0 fully saturated rings. The standard InChI is InChI=1S/C24H28/c1-3-5-6-7-8-11-23-12-9-13-24(20-23)19-18-22-16-14-21(10-4-2)15-17-22/h4,9,12-17,20H,2-3,5-8,10-11H2,1H3. The van der Waals surface area contributed by atoms with Gasteiger partial charge in [-0.1, -0.05) is 74.8 Å². The number of hydrogen-bond acceptors (Lipinski definition) is 0. The molecule has 0 heteroatoms. The van der Waals surface area contributed by atoms with Crippen LogP contribution in [0.25, 0.3) is 0 Å². The summed E-state index contributed by atoms with van der Waals surface area (Å²) in [6, 6.07) is 17.1. The monoisotopic (exact) mass is 316 g/mol. The second kappa shape index (κ2) is 10.5. The summed E-state index contributed by atoms with van der Waals surface area (Å²) in [7, 11) is 0. The van der Waals surface area contributed by atoms with E-state index in [1.807, 2.05) is 6.08 Å². The molecule has 0 radical (unpaired) electrons. The molecule has 0 aromatic heterocycles. The van der Waals surface area contributed by atoms with Crippen LogP contribution in [0.3, 0.4) is 0 Å². The van der Waals surface area contributed by atoms with Crippen LogP contribution < -0.4 is 0 Å². The molecule has 0 aliphatic carbocycles. The van der Waals surface area contributed by atoms with Crippen molar-refractivity contribution in [3.63, 3.8) is 0 Å². The molecular formula is C24H28. The van der Waals surface area contributed by atoms with Crippen LogP contribution in [-0.2, 0) is 12.8 Å². The highest BCUT2D eigenvalue weighted by Crippen LogP contribution is 2.11. The van der Waals surface area contributed by atoms with Crippen molar-refractivity contribution < 1.29 is 0 Å². The molecule has 0 amide bonds. The van der Waals surface area contributed by atoms with Crippen LogP contribution in [0.15, 0.2) is 61.2 Å². The molecule has 0 unspecified atom stereocenters. The molecule has 0 saturated carbocycles. The molecule has 0 N–H and O–H groups in total. The van der Waals surface area contributed by atoms with E-state index >= 15 is 0 Å². The quantitative estimate of drug-likeness (QED) is 0.303. The van der Waals surface area contributed by atoms with Gasteiger partial charge in [0.2, 0.25) is 0 Å². The van der Waals surface area contributed by atoms with Crippen molar-refractivity contribution in [1.82, 2.24) is 0 Å². The lowest BCUT2D eigenvalue weighted by molar-refractivity contribution is 0.632. The molecule has 0 spiro atoms. The maximum absolute atomic E-state index is 3.77. The number of allylic oxidation sites excluding steroid dienone is 1. The van der Waals surface area contributed by atoms with Crippen molar-refractivity contribution in [2.45, 2.75) is 51.9 Å². The first kappa shape index (κ1) is 18.1. The molecule has 2 aromatic carbocycles. The lowest BCUT2D eigenvalue weighted by Gasteiger charge is -2.02. The van der Waals surface area contributed by atoms with Crippen LogP contribution in [-0.4, -0.2) is 0 Å². The summed E-state index contributed by atoms with van der Waals surface area (Å²) in [4.78, 5) is 0. The SMILES string of the molecule is C=CCc1ccc(C#Cc2cccc(CCCCCCC)c2)cc1. The van der Waals surface area contributed by atoms with Crippen molar-refractivity contribution in [3.8, 4) is 11.8 Å². The number of rotatable bonds is 8. The first-order chi connectivity index (χ1) is 11.8. The van der Waals surface area contributed by atoms with Crippen LogP contribution in [0, 0.1) is 11.8 Å². The zero-order chi connectivity index (χ0) is 17.0. The third-order valence-electron chi connectivity index (χ3n) is 4.18. The lowest BCUT2D eigenvalue weighted by atomic mass is 10.0. The van der Waals surface area contributed by atoms with Crippen LogP contribution >= 0.6 is 0 Å². The maximum atomic E-state index is 3.77. The van der Waals surface area contributed by atoms with Gasteiger partial charge >= 0.3 is 0 Å². The zero-order valence-corrected chi connectivity index (χ0v) is 14.9. The number of benzene rings is 2. The molecule has 124 valence electrons. The second-order valence-corrected chi connectivity index (χ2v) is 6.30. The largest absolute Gasteiger partial charge is 0.103 e. The Balaban J connectivity index is 1.93. The molecule has 0 atom stereocenters. The number of unbranched alkanes of at least 4 members (excludes halogenated alkanes) is 4. The molecule has 0 saturated heterocycles. The Labute approximate surface area is 147 Å². The van der Waals surface area contributed by atoms with Gasteiger partial charge in [-0.05, 0) is 54.7 Å². The third kappa shape index (κ3) is 6.47. The Morgan fingerprint density at radius 3 is 2.33 bits per heavy atom. The minimum atomic E-state index is 0.911. The van der Waals surface area contributed by atoms with Gasteiger partial charge in [0.05, 0.1) is 0 Å². The number of aryl methyl sites for hydroxylation is 1. The minimum absolute atomic E-state index is 0.911. The van der Waals surface area contributed by atoms with E-state index in [1.54, 1.807) is 0 Å². The third-order valence-corrected chi connectivity index (χ3v) is 4.18.